The third-order valence-electron chi connectivity index (χ3n) is 3.45. The predicted molar refractivity (Wildman–Crippen MR) is 92.3 cm³/mol. The molecule has 0 spiro atoms. The maximum Gasteiger partial charge on any atom is 0.269 e. The minimum Gasteiger partial charge on any atom is -0.383 e. The van der Waals surface area contributed by atoms with E-state index in [1.54, 1.807) is 19.4 Å². The van der Waals surface area contributed by atoms with Gasteiger partial charge in [0.15, 0.2) is 0 Å². The number of nitrogens with zero attached hydrogens (tertiary/aromatic N) is 1. The quantitative estimate of drug-likeness (QED) is 0.770. The number of anilines is 2. The van der Waals surface area contributed by atoms with Crippen molar-refractivity contribution in [2.45, 2.75) is 19.8 Å². The molecule has 0 aliphatic carbocycles. The van der Waals surface area contributed by atoms with E-state index in [0.717, 1.165) is 11.4 Å². The second-order valence-electron chi connectivity index (χ2n) is 5.58. The van der Waals surface area contributed by atoms with Gasteiger partial charge in [-0.25, -0.2) is 4.98 Å². The summed E-state index contributed by atoms with van der Waals surface area (Å²) in [5.74, 6) is 0.316. The van der Waals surface area contributed by atoms with Gasteiger partial charge in [0.2, 0.25) is 0 Å². The number of aromatic nitrogens is 1. The lowest BCUT2D eigenvalue weighted by Gasteiger charge is -2.09. The van der Waals surface area contributed by atoms with Crippen molar-refractivity contribution in [3.05, 3.63) is 53.9 Å². The van der Waals surface area contributed by atoms with Gasteiger partial charge < -0.3 is 15.4 Å². The van der Waals surface area contributed by atoms with Crippen molar-refractivity contribution in [3.63, 3.8) is 0 Å². The molecule has 0 atom stereocenters. The highest BCUT2D eigenvalue weighted by molar-refractivity contribution is 5.92. The average Bonchev–Trinajstić information content (AvgIpc) is 2.56. The fourth-order valence-corrected chi connectivity index (χ4v) is 2.08. The number of pyridine rings is 1. The fraction of sp³-hybridized carbons (Fsp3) is 0.333. The maximum atomic E-state index is 11.8. The molecule has 1 aromatic heterocycles. The van der Waals surface area contributed by atoms with Gasteiger partial charge in [0, 0.05) is 19.3 Å². The molecule has 1 amide bonds. The third-order valence-corrected chi connectivity index (χ3v) is 3.45. The van der Waals surface area contributed by atoms with E-state index in [1.165, 1.54) is 5.56 Å². The maximum absolute atomic E-state index is 11.8. The number of carbonyl (C=O) groups is 1. The van der Waals surface area contributed by atoms with Crippen molar-refractivity contribution < 1.29 is 9.53 Å². The van der Waals surface area contributed by atoms with Crippen LogP contribution in [0, 0.1) is 0 Å². The van der Waals surface area contributed by atoms with E-state index in [-0.39, 0.29) is 5.91 Å². The molecule has 122 valence electrons. The summed E-state index contributed by atoms with van der Waals surface area (Å²) in [5.41, 5.74) is 3.53. The molecular weight excluding hydrogens is 290 g/mol. The number of hydrogen-bond donors (Lipinski definition) is 2. The van der Waals surface area contributed by atoms with Gasteiger partial charge in [0.05, 0.1) is 18.5 Å². The zero-order valence-corrected chi connectivity index (χ0v) is 13.8. The molecule has 1 aromatic carbocycles. The van der Waals surface area contributed by atoms with Crippen molar-refractivity contribution in [3.8, 4) is 0 Å². The summed E-state index contributed by atoms with van der Waals surface area (Å²) < 4.78 is 4.89. The summed E-state index contributed by atoms with van der Waals surface area (Å²) in [7, 11) is 1.60. The Balaban J connectivity index is 1.95. The number of amides is 1. The molecule has 5 nitrogen and oxygen atoms in total. The molecule has 2 rings (SSSR count). The van der Waals surface area contributed by atoms with Crippen molar-refractivity contribution in [1.29, 1.82) is 0 Å². The summed E-state index contributed by atoms with van der Waals surface area (Å²) in [6, 6.07) is 11.8. The smallest absolute Gasteiger partial charge is 0.269 e. The van der Waals surface area contributed by atoms with E-state index in [9.17, 15) is 4.79 Å². The lowest BCUT2D eigenvalue weighted by atomic mass is 10.0. The van der Waals surface area contributed by atoms with Gasteiger partial charge in [-0.15, -0.1) is 0 Å². The standard InChI is InChI=1S/C18H23N3O2/c1-13(2)14-4-6-15(7-5-14)21-16-8-9-17(20-12-16)18(22)19-10-11-23-3/h4-9,12-13,21H,10-11H2,1-3H3,(H,19,22). The van der Waals surface area contributed by atoms with E-state index in [1.807, 2.05) is 18.2 Å². The summed E-state index contributed by atoms with van der Waals surface area (Å²) in [5, 5.41) is 6.01. The fourth-order valence-electron chi connectivity index (χ4n) is 2.08. The number of benzene rings is 1. The van der Waals surface area contributed by atoms with Crippen LogP contribution in [0.4, 0.5) is 11.4 Å². The van der Waals surface area contributed by atoms with Crippen molar-refractivity contribution in [1.82, 2.24) is 10.3 Å². The van der Waals surface area contributed by atoms with Crippen LogP contribution in [0.25, 0.3) is 0 Å². The molecule has 0 bridgehead atoms. The van der Waals surface area contributed by atoms with E-state index in [2.05, 4.69) is 41.6 Å². The van der Waals surface area contributed by atoms with Crippen molar-refractivity contribution in [2.75, 3.05) is 25.6 Å². The van der Waals surface area contributed by atoms with Crippen LogP contribution in [-0.4, -0.2) is 31.2 Å². The highest BCUT2D eigenvalue weighted by Gasteiger charge is 2.06. The normalized spacial score (nSPS) is 10.6. The molecule has 0 radical (unpaired) electrons. The SMILES string of the molecule is COCCNC(=O)c1ccc(Nc2ccc(C(C)C)cc2)cn1. The number of nitrogens with one attached hydrogen (secondary N) is 2. The van der Waals surface area contributed by atoms with Crippen LogP contribution in [-0.2, 0) is 4.74 Å². The van der Waals surface area contributed by atoms with Gasteiger partial charge in [-0.3, -0.25) is 4.79 Å². The van der Waals surface area contributed by atoms with E-state index in [4.69, 9.17) is 4.74 Å². The molecule has 23 heavy (non-hydrogen) atoms. The molecule has 0 aliphatic heterocycles. The Hall–Kier alpha value is -2.40. The topological polar surface area (TPSA) is 63.2 Å². The minimum atomic E-state index is -0.199. The first-order valence-corrected chi connectivity index (χ1v) is 7.70. The summed E-state index contributed by atoms with van der Waals surface area (Å²) in [4.78, 5) is 16.0. The monoisotopic (exact) mass is 313 g/mol. The lowest BCUT2D eigenvalue weighted by Crippen LogP contribution is -2.27. The minimum absolute atomic E-state index is 0.199. The van der Waals surface area contributed by atoms with Gasteiger partial charge in [-0.05, 0) is 35.7 Å². The van der Waals surface area contributed by atoms with E-state index >= 15 is 0 Å². The Morgan fingerprint density at radius 3 is 2.39 bits per heavy atom. The van der Waals surface area contributed by atoms with E-state index in [0.29, 0.717) is 24.8 Å². The number of carbonyl (C=O) groups excluding carboxylic acids is 1. The highest BCUT2D eigenvalue weighted by Crippen LogP contribution is 2.20. The number of hydrogen-bond acceptors (Lipinski definition) is 4. The summed E-state index contributed by atoms with van der Waals surface area (Å²) in [6.07, 6.45) is 1.65. The number of rotatable bonds is 7. The number of methoxy groups -OCH3 is 1. The van der Waals surface area contributed by atoms with Gasteiger partial charge >= 0.3 is 0 Å². The largest absolute Gasteiger partial charge is 0.383 e. The zero-order valence-electron chi connectivity index (χ0n) is 13.8. The Morgan fingerprint density at radius 2 is 1.83 bits per heavy atom. The predicted octanol–water partition coefficient (Wildman–Crippen LogP) is 3.32. The summed E-state index contributed by atoms with van der Waals surface area (Å²) >= 11 is 0. The first-order valence-electron chi connectivity index (χ1n) is 7.70. The Morgan fingerprint density at radius 1 is 1.13 bits per heavy atom. The molecule has 0 saturated heterocycles. The van der Waals surface area contributed by atoms with Crippen LogP contribution in [0.1, 0.15) is 35.8 Å². The van der Waals surface area contributed by atoms with Crippen molar-refractivity contribution in [2.24, 2.45) is 0 Å². The molecule has 2 N–H and O–H groups in total. The third kappa shape index (κ3) is 5.07. The van der Waals surface area contributed by atoms with Crippen LogP contribution in [0.3, 0.4) is 0 Å². The van der Waals surface area contributed by atoms with Crippen LogP contribution < -0.4 is 10.6 Å². The Bertz CT molecular complexity index is 622. The van der Waals surface area contributed by atoms with Crippen LogP contribution in [0.2, 0.25) is 0 Å². The van der Waals surface area contributed by atoms with Crippen LogP contribution >= 0.6 is 0 Å². The molecule has 0 fully saturated rings. The van der Waals surface area contributed by atoms with E-state index < -0.39 is 0 Å². The van der Waals surface area contributed by atoms with Crippen molar-refractivity contribution >= 4 is 17.3 Å². The van der Waals surface area contributed by atoms with Gasteiger partial charge in [-0.2, -0.15) is 0 Å². The lowest BCUT2D eigenvalue weighted by molar-refractivity contribution is 0.0932. The molecule has 0 unspecified atom stereocenters. The molecule has 2 aromatic rings. The zero-order chi connectivity index (χ0) is 16.7. The van der Waals surface area contributed by atoms with Gasteiger partial charge in [0.1, 0.15) is 5.69 Å². The van der Waals surface area contributed by atoms with Crippen LogP contribution in [0.5, 0.6) is 0 Å². The van der Waals surface area contributed by atoms with Gasteiger partial charge in [-0.1, -0.05) is 26.0 Å². The molecule has 1 heterocycles. The highest BCUT2D eigenvalue weighted by atomic mass is 16.5. The second kappa shape index (κ2) is 8.29. The molecule has 5 heteroatoms. The summed E-state index contributed by atoms with van der Waals surface area (Å²) in [6.45, 7) is 5.29. The molecule has 0 saturated carbocycles. The molecule has 0 aliphatic rings. The Labute approximate surface area is 137 Å². The Kier molecular flexibility index (Phi) is 6.11. The van der Waals surface area contributed by atoms with Crippen LogP contribution in [0.15, 0.2) is 42.6 Å². The van der Waals surface area contributed by atoms with Gasteiger partial charge in [0.25, 0.3) is 5.91 Å². The first kappa shape index (κ1) is 17.0. The second-order valence-corrected chi connectivity index (χ2v) is 5.58. The first-order chi connectivity index (χ1) is 11.1. The molecular formula is C18H23N3O2. The number of ether oxygens (including phenoxy) is 1. The average molecular weight is 313 g/mol.